The lowest BCUT2D eigenvalue weighted by atomic mass is 9.49. The molecule has 30 heavy (non-hydrogen) atoms. The molecule has 2 amide bonds. The lowest BCUT2D eigenvalue weighted by molar-refractivity contribution is -0.146. The zero-order valence-corrected chi connectivity index (χ0v) is 18.3. The maximum Gasteiger partial charge on any atom is 0.228 e. The molecule has 0 unspecified atom stereocenters. The fourth-order valence-electron chi connectivity index (χ4n) is 7.26. The zero-order chi connectivity index (χ0) is 20.9. The van der Waals surface area contributed by atoms with E-state index in [2.05, 4.69) is 18.3 Å². The highest BCUT2D eigenvalue weighted by Crippen LogP contribution is 2.60. The topological polar surface area (TPSA) is 58.6 Å². The maximum absolute atomic E-state index is 13.1. The van der Waals surface area contributed by atoms with Crippen LogP contribution in [0.2, 0.25) is 0 Å². The summed E-state index contributed by atoms with van der Waals surface area (Å²) in [6.45, 7) is 3.24. The van der Waals surface area contributed by atoms with E-state index in [9.17, 15) is 9.59 Å². The normalized spacial score (nSPS) is 31.4. The fraction of sp³-hybridized carbons (Fsp3) is 0.680. The largest absolute Gasteiger partial charge is 0.495 e. The Bertz CT molecular complexity index is 827. The summed E-state index contributed by atoms with van der Waals surface area (Å²) in [7, 11) is 1.66. The monoisotopic (exact) mass is 410 g/mol. The molecule has 162 valence electrons. The third kappa shape index (κ3) is 3.30. The van der Waals surface area contributed by atoms with E-state index in [1.165, 1.54) is 30.4 Å². The maximum atomic E-state index is 13.1. The van der Waals surface area contributed by atoms with Gasteiger partial charge in [0.05, 0.1) is 12.8 Å². The Hall–Kier alpha value is -2.04. The zero-order valence-electron chi connectivity index (χ0n) is 18.3. The van der Waals surface area contributed by atoms with Crippen molar-refractivity contribution in [3.63, 3.8) is 0 Å². The van der Waals surface area contributed by atoms with Gasteiger partial charge in [0.2, 0.25) is 11.8 Å². The number of fused-ring (bicyclic) bond motifs is 1. The van der Waals surface area contributed by atoms with Crippen LogP contribution in [-0.4, -0.2) is 32.0 Å². The molecule has 0 saturated heterocycles. The summed E-state index contributed by atoms with van der Waals surface area (Å²) in [6, 6.07) is 4.02. The Kier molecular flexibility index (Phi) is 5.03. The molecule has 1 aromatic carbocycles. The van der Waals surface area contributed by atoms with Crippen molar-refractivity contribution in [2.75, 3.05) is 25.1 Å². The molecule has 5 aliphatic rings. The van der Waals surface area contributed by atoms with Gasteiger partial charge in [0, 0.05) is 24.9 Å². The Labute approximate surface area is 179 Å². The van der Waals surface area contributed by atoms with E-state index >= 15 is 0 Å². The predicted octanol–water partition coefficient (Wildman–Crippen LogP) is 4.01. The molecule has 1 aliphatic heterocycles. The van der Waals surface area contributed by atoms with Crippen LogP contribution in [0.1, 0.15) is 62.5 Å². The first-order chi connectivity index (χ1) is 14.5. The summed E-state index contributed by atoms with van der Waals surface area (Å²) in [4.78, 5) is 28.1. The number of rotatable bonds is 5. The van der Waals surface area contributed by atoms with E-state index in [0.717, 1.165) is 61.3 Å². The lowest BCUT2D eigenvalue weighted by Crippen LogP contribution is -2.53. The summed E-state index contributed by atoms with van der Waals surface area (Å²) in [6.07, 6.45) is 9.48. The van der Waals surface area contributed by atoms with Crippen LogP contribution in [0.4, 0.5) is 5.69 Å². The van der Waals surface area contributed by atoms with Crippen molar-refractivity contribution in [3.05, 3.63) is 23.3 Å². The van der Waals surface area contributed by atoms with Gasteiger partial charge in [-0.3, -0.25) is 9.59 Å². The van der Waals surface area contributed by atoms with E-state index in [1.54, 1.807) is 7.11 Å². The molecule has 5 nitrogen and oxygen atoms in total. The molecule has 0 atom stereocenters. The van der Waals surface area contributed by atoms with Crippen molar-refractivity contribution in [2.24, 2.45) is 23.2 Å². The Balaban J connectivity index is 1.23. The van der Waals surface area contributed by atoms with Crippen molar-refractivity contribution in [2.45, 2.75) is 64.7 Å². The molecule has 0 aromatic heterocycles. The van der Waals surface area contributed by atoms with Crippen LogP contribution in [0, 0.1) is 30.1 Å². The van der Waals surface area contributed by atoms with Gasteiger partial charge in [-0.15, -0.1) is 0 Å². The molecule has 6 rings (SSSR count). The van der Waals surface area contributed by atoms with Gasteiger partial charge in [0.25, 0.3) is 0 Å². The summed E-state index contributed by atoms with van der Waals surface area (Å²) in [5.74, 6) is 3.31. The molecule has 1 heterocycles. The molecule has 0 radical (unpaired) electrons. The molecule has 5 heteroatoms. The second-order valence-corrected chi connectivity index (χ2v) is 10.3. The number of ether oxygens (including phenoxy) is 1. The smallest absolute Gasteiger partial charge is 0.228 e. The number of aryl methyl sites for hydroxylation is 1. The molecular formula is C25H34N2O3. The third-order valence-electron chi connectivity index (χ3n) is 8.22. The van der Waals surface area contributed by atoms with Crippen LogP contribution in [0.15, 0.2) is 12.1 Å². The van der Waals surface area contributed by atoms with E-state index in [-0.39, 0.29) is 17.2 Å². The number of amides is 2. The molecule has 4 saturated carbocycles. The molecule has 4 fully saturated rings. The number of benzene rings is 1. The summed E-state index contributed by atoms with van der Waals surface area (Å²) < 4.78 is 5.56. The molecule has 1 aromatic rings. The molecular weight excluding hydrogens is 376 g/mol. The van der Waals surface area contributed by atoms with E-state index in [1.807, 2.05) is 11.0 Å². The van der Waals surface area contributed by atoms with Crippen LogP contribution in [-0.2, 0) is 16.0 Å². The Morgan fingerprint density at radius 3 is 2.43 bits per heavy atom. The average Bonchev–Trinajstić information content (AvgIpc) is 2.72. The first kappa shape index (κ1) is 19.9. The number of anilines is 1. The van der Waals surface area contributed by atoms with Crippen LogP contribution < -0.4 is 15.0 Å². The molecule has 1 N–H and O–H groups in total. The summed E-state index contributed by atoms with van der Waals surface area (Å²) in [5.41, 5.74) is 3.21. The molecule has 4 aliphatic carbocycles. The number of nitrogens with one attached hydrogen (secondary N) is 1. The van der Waals surface area contributed by atoms with E-state index in [4.69, 9.17) is 4.74 Å². The van der Waals surface area contributed by atoms with Crippen molar-refractivity contribution in [3.8, 4) is 5.75 Å². The number of hydrogen-bond donors (Lipinski definition) is 1. The van der Waals surface area contributed by atoms with Crippen LogP contribution in [0.25, 0.3) is 0 Å². The van der Waals surface area contributed by atoms with Gasteiger partial charge in [-0.1, -0.05) is 6.07 Å². The first-order valence-electron chi connectivity index (χ1n) is 11.7. The average molecular weight is 411 g/mol. The Morgan fingerprint density at radius 1 is 1.13 bits per heavy atom. The fourth-order valence-corrected chi connectivity index (χ4v) is 7.26. The van der Waals surface area contributed by atoms with Gasteiger partial charge >= 0.3 is 0 Å². The minimum absolute atomic E-state index is 0.0747. The quantitative estimate of drug-likeness (QED) is 0.798. The summed E-state index contributed by atoms with van der Waals surface area (Å²) in [5, 5.41) is 3.16. The minimum atomic E-state index is -0.143. The standard InChI is InChI=1S/C25H34N2O3/c1-16-5-6-21(30-2)23-20(16)4-3-9-27(23)22(28)7-8-26-24(29)25-13-17-10-18(14-25)12-19(11-17)15-25/h5-6,17-19H,3-4,7-15H2,1-2H3,(H,26,29). The van der Waals surface area contributed by atoms with Gasteiger partial charge in [-0.2, -0.15) is 0 Å². The van der Waals surface area contributed by atoms with E-state index < -0.39 is 0 Å². The summed E-state index contributed by atoms with van der Waals surface area (Å²) >= 11 is 0. The highest BCUT2D eigenvalue weighted by atomic mass is 16.5. The van der Waals surface area contributed by atoms with Crippen molar-refractivity contribution in [1.29, 1.82) is 0 Å². The number of hydrogen-bond acceptors (Lipinski definition) is 3. The molecule has 0 spiro atoms. The van der Waals surface area contributed by atoms with Crippen LogP contribution in [0.3, 0.4) is 0 Å². The van der Waals surface area contributed by atoms with Crippen molar-refractivity contribution < 1.29 is 14.3 Å². The Morgan fingerprint density at radius 2 is 1.80 bits per heavy atom. The second kappa shape index (κ2) is 7.58. The third-order valence-corrected chi connectivity index (χ3v) is 8.22. The number of methoxy groups -OCH3 is 1. The van der Waals surface area contributed by atoms with Crippen LogP contribution in [0.5, 0.6) is 5.75 Å². The van der Waals surface area contributed by atoms with Gasteiger partial charge in [-0.05, 0) is 93.2 Å². The number of nitrogens with zero attached hydrogens (tertiary/aromatic N) is 1. The van der Waals surface area contributed by atoms with Crippen LogP contribution >= 0.6 is 0 Å². The lowest BCUT2D eigenvalue weighted by Gasteiger charge is -2.55. The predicted molar refractivity (Wildman–Crippen MR) is 117 cm³/mol. The highest BCUT2D eigenvalue weighted by Gasteiger charge is 2.54. The minimum Gasteiger partial charge on any atom is -0.495 e. The van der Waals surface area contributed by atoms with Gasteiger partial charge in [0.1, 0.15) is 5.75 Å². The van der Waals surface area contributed by atoms with Crippen molar-refractivity contribution >= 4 is 17.5 Å². The first-order valence-corrected chi connectivity index (χ1v) is 11.7. The van der Waals surface area contributed by atoms with E-state index in [0.29, 0.717) is 19.5 Å². The SMILES string of the molecule is COc1ccc(C)c2c1N(C(=O)CCNC(=O)C13CC4CC(CC(C4)C1)C3)CCC2. The van der Waals surface area contributed by atoms with Gasteiger partial charge in [-0.25, -0.2) is 0 Å². The number of carbonyl (C=O) groups excluding carboxylic acids is 2. The van der Waals surface area contributed by atoms with Gasteiger partial charge < -0.3 is 15.0 Å². The van der Waals surface area contributed by atoms with Gasteiger partial charge in [0.15, 0.2) is 0 Å². The molecule has 4 bridgehead atoms. The highest BCUT2D eigenvalue weighted by molar-refractivity contribution is 5.97. The second-order valence-electron chi connectivity index (χ2n) is 10.3. The number of carbonyl (C=O) groups is 2. The van der Waals surface area contributed by atoms with Crippen molar-refractivity contribution in [1.82, 2.24) is 5.32 Å².